The maximum Gasteiger partial charge on any atom is 0.417 e. The molecule has 0 spiro atoms. The fraction of sp³-hybridized carbons (Fsp3) is 1.00. The summed E-state index contributed by atoms with van der Waals surface area (Å²) in [5.74, 6) is 0. The molecule has 2 N–H and O–H groups in total. The predicted molar refractivity (Wildman–Crippen MR) is 56.1 cm³/mol. The van der Waals surface area contributed by atoms with Gasteiger partial charge in [-0.2, -0.15) is 13.2 Å². The van der Waals surface area contributed by atoms with Crippen molar-refractivity contribution in [1.29, 1.82) is 0 Å². The highest BCUT2D eigenvalue weighted by molar-refractivity contribution is 4.93. The Balaban J connectivity index is 2.45. The predicted octanol–water partition coefficient (Wildman–Crippen LogP) is 2.61. The van der Waals surface area contributed by atoms with E-state index in [0.717, 1.165) is 6.42 Å². The summed E-state index contributed by atoms with van der Waals surface area (Å²) in [4.78, 5) is 0. The number of nitrogens with one attached hydrogen (secondary N) is 1. The average Bonchev–Trinajstić information content (AvgIpc) is 2.20. The molecule has 1 unspecified atom stereocenters. The van der Waals surface area contributed by atoms with Gasteiger partial charge in [0.25, 0.3) is 0 Å². The molecule has 1 aliphatic rings. The van der Waals surface area contributed by atoms with Crippen molar-refractivity contribution in [2.24, 2.45) is 0 Å². The third kappa shape index (κ3) is 3.10. The third-order valence-corrected chi connectivity index (χ3v) is 3.47. The highest BCUT2D eigenvalue weighted by Gasteiger charge is 2.54. The van der Waals surface area contributed by atoms with Gasteiger partial charge in [0.1, 0.15) is 0 Å². The van der Waals surface area contributed by atoms with Crippen LogP contribution in [-0.2, 0) is 0 Å². The fourth-order valence-corrected chi connectivity index (χ4v) is 2.07. The second-order valence-electron chi connectivity index (χ2n) is 4.78. The minimum atomic E-state index is -4.49. The molecule has 1 aliphatic carbocycles. The Morgan fingerprint density at radius 1 is 1.38 bits per heavy atom. The summed E-state index contributed by atoms with van der Waals surface area (Å²) >= 11 is 0. The van der Waals surface area contributed by atoms with Crippen LogP contribution in [0, 0.1) is 0 Å². The fourth-order valence-electron chi connectivity index (χ4n) is 2.07. The van der Waals surface area contributed by atoms with Gasteiger partial charge in [0.2, 0.25) is 0 Å². The largest absolute Gasteiger partial charge is 0.417 e. The zero-order valence-corrected chi connectivity index (χ0v) is 9.77. The van der Waals surface area contributed by atoms with Crippen molar-refractivity contribution in [2.45, 2.75) is 69.8 Å². The molecular weight excluding hydrogens is 219 g/mol. The van der Waals surface area contributed by atoms with Crippen LogP contribution in [0.15, 0.2) is 0 Å². The molecule has 0 radical (unpaired) electrons. The van der Waals surface area contributed by atoms with E-state index in [2.05, 4.69) is 5.32 Å². The summed E-state index contributed by atoms with van der Waals surface area (Å²) in [6.45, 7) is 4.05. The van der Waals surface area contributed by atoms with Crippen LogP contribution < -0.4 is 5.32 Å². The molecule has 0 aliphatic heterocycles. The van der Waals surface area contributed by atoms with Crippen LogP contribution in [0.4, 0.5) is 13.2 Å². The molecule has 1 rings (SSSR count). The van der Waals surface area contributed by atoms with Gasteiger partial charge < -0.3 is 10.4 Å². The van der Waals surface area contributed by atoms with E-state index < -0.39 is 11.8 Å². The summed E-state index contributed by atoms with van der Waals surface area (Å²) in [6.07, 6.45) is -3.13. The smallest absolute Gasteiger partial charge is 0.380 e. The van der Waals surface area contributed by atoms with Crippen LogP contribution in [0.1, 0.15) is 46.0 Å². The molecule has 2 nitrogen and oxygen atoms in total. The van der Waals surface area contributed by atoms with Gasteiger partial charge in [-0.15, -0.1) is 0 Å². The molecule has 96 valence electrons. The van der Waals surface area contributed by atoms with Crippen LogP contribution in [0.5, 0.6) is 0 Å². The van der Waals surface area contributed by atoms with E-state index in [9.17, 15) is 18.3 Å². The van der Waals surface area contributed by atoms with Gasteiger partial charge in [0.15, 0.2) is 5.60 Å². The quantitative estimate of drug-likeness (QED) is 0.793. The number of halogens is 3. The maximum absolute atomic E-state index is 12.5. The van der Waals surface area contributed by atoms with Gasteiger partial charge in [0, 0.05) is 12.1 Å². The normalized spacial score (nSPS) is 33.8. The molecule has 5 heteroatoms. The number of alkyl halides is 3. The summed E-state index contributed by atoms with van der Waals surface area (Å²) in [6, 6.07) is 0.430. The van der Waals surface area contributed by atoms with Gasteiger partial charge in [-0.3, -0.25) is 0 Å². The Bertz CT molecular complexity index is 222. The summed E-state index contributed by atoms with van der Waals surface area (Å²) < 4.78 is 37.5. The minimum Gasteiger partial charge on any atom is -0.380 e. The van der Waals surface area contributed by atoms with Crippen molar-refractivity contribution in [3.63, 3.8) is 0 Å². The van der Waals surface area contributed by atoms with Gasteiger partial charge >= 0.3 is 6.18 Å². The van der Waals surface area contributed by atoms with Crippen molar-refractivity contribution in [3.8, 4) is 0 Å². The number of aliphatic hydroxyl groups is 1. The average molecular weight is 239 g/mol. The first kappa shape index (κ1) is 13.8. The number of hydrogen-bond donors (Lipinski definition) is 2. The molecule has 0 aromatic heterocycles. The van der Waals surface area contributed by atoms with Crippen molar-refractivity contribution in [1.82, 2.24) is 5.32 Å². The molecule has 0 aromatic carbocycles. The van der Waals surface area contributed by atoms with Crippen LogP contribution in [-0.4, -0.2) is 29.0 Å². The number of rotatable bonds is 3. The Morgan fingerprint density at radius 2 is 1.88 bits per heavy atom. The van der Waals surface area contributed by atoms with Crippen LogP contribution in [0.25, 0.3) is 0 Å². The van der Waals surface area contributed by atoms with E-state index in [-0.39, 0.29) is 18.9 Å². The summed E-state index contributed by atoms with van der Waals surface area (Å²) in [5, 5.41) is 12.7. The standard InChI is InChI=1S/C11H20F3NO/c1-3-8(2)15-9-4-6-10(16,7-5-9)11(12,13)14/h8-9,15-16H,3-7H2,1-2H3. The van der Waals surface area contributed by atoms with E-state index in [1.807, 2.05) is 13.8 Å². The van der Waals surface area contributed by atoms with E-state index in [1.165, 1.54) is 0 Å². The summed E-state index contributed by atoms with van der Waals surface area (Å²) in [7, 11) is 0. The van der Waals surface area contributed by atoms with E-state index in [1.54, 1.807) is 0 Å². The van der Waals surface area contributed by atoms with Gasteiger partial charge in [-0.25, -0.2) is 0 Å². The first-order chi connectivity index (χ1) is 7.28. The molecular formula is C11H20F3NO. The van der Waals surface area contributed by atoms with Gasteiger partial charge in [0.05, 0.1) is 0 Å². The van der Waals surface area contributed by atoms with E-state index >= 15 is 0 Å². The van der Waals surface area contributed by atoms with Crippen molar-refractivity contribution < 1.29 is 18.3 Å². The molecule has 0 saturated heterocycles. The molecule has 0 bridgehead atoms. The number of hydrogen-bond acceptors (Lipinski definition) is 2. The molecule has 0 aromatic rings. The van der Waals surface area contributed by atoms with Gasteiger partial charge in [-0.1, -0.05) is 6.92 Å². The van der Waals surface area contributed by atoms with Crippen molar-refractivity contribution in [3.05, 3.63) is 0 Å². The Kier molecular flexibility index (Phi) is 4.23. The Labute approximate surface area is 94.2 Å². The molecule has 0 amide bonds. The highest BCUT2D eigenvalue weighted by atomic mass is 19.4. The van der Waals surface area contributed by atoms with Crippen LogP contribution >= 0.6 is 0 Å². The minimum absolute atomic E-state index is 0.109. The Morgan fingerprint density at radius 3 is 2.25 bits per heavy atom. The lowest BCUT2D eigenvalue weighted by Crippen LogP contribution is -2.51. The zero-order valence-electron chi connectivity index (χ0n) is 9.77. The SMILES string of the molecule is CCC(C)NC1CCC(O)(C(F)(F)F)CC1. The molecule has 16 heavy (non-hydrogen) atoms. The highest BCUT2D eigenvalue weighted by Crippen LogP contribution is 2.41. The van der Waals surface area contributed by atoms with Crippen LogP contribution in [0.3, 0.4) is 0 Å². The van der Waals surface area contributed by atoms with Gasteiger partial charge in [-0.05, 0) is 39.0 Å². The van der Waals surface area contributed by atoms with Crippen molar-refractivity contribution in [2.75, 3.05) is 0 Å². The van der Waals surface area contributed by atoms with Crippen molar-refractivity contribution >= 4 is 0 Å². The summed E-state index contributed by atoms with van der Waals surface area (Å²) in [5.41, 5.74) is -2.46. The topological polar surface area (TPSA) is 32.3 Å². The first-order valence-corrected chi connectivity index (χ1v) is 5.83. The molecule has 1 saturated carbocycles. The van der Waals surface area contributed by atoms with Crippen LogP contribution in [0.2, 0.25) is 0 Å². The maximum atomic E-state index is 12.5. The molecule has 1 fully saturated rings. The second-order valence-corrected chi connectivity index (χ2v) is 4.78. The Hall–Kier alpha value is -0.290. The lowest BCUT2D eigenvalue weighted by atomic mass is 9.81. The van der Waals surface area contributed by atoms with E-state index in [4.69, 9.17) is 0 Å². The third-order valence-electron chi connectivity index (χ3n) is 3.47. The lowest BCUT2D eigenvalue weighted by molar-refractivity contribution is -0.270. The molecule has 0 heterocycles. The monoisotopic (exact) mass is 239 g/mol. The van der Waals surface area contributed by atoms with E-state index in [0.29, 0.717) is 18.9 Å². The second kappa shape index (κ2) is 4.92. The zero-order chi connectivity index (χ0) is 12.4. The lowest BCUT2D eigenvalue weighted by Gasteiger charge is -2.38. The first-order valence-electron chi connectivity index (χ1n) is 5.83. The molecule has 1 atom stereocenters.